The van der Waals surface area contributed by atoms with Crippen molar-refractivity contribution in [3.63, 3.8) is 0 Å². The van der Waals surface area contributed by atoms with E-state index in [-0.39, 0.29) is 11.7 Å². The number of anilines is 1. The molecule has 1 N–H and O–H groups in total. The lowest BCUT2D eigenvalue weighted by molar-refractivity contribution is -0.113. The Hall–Kier alpha value is -1.83. The smallest absolute Gasteiger partial charge is 0.234 e. The van der Waals surface area contributed by atoms with E-state index in [0.29, 0.717) is 22.4 Å². The van der Waals surface area contributed by atoms with Crippen molar-refractivity contribution in [1.82, 2.24) is 9.97 Å². The van der Waals surface area contributed by atoms with E-state index in [9.17, 15) is 4.79 Å². The van der Waals surface area contributed by atoms with Gasteiger partial charge in [-0.3, -0.25) is 4.79 Å². The molecule has 1 atom stereocenters. The van der Waals surface area contributed by atoms with Gasteiger partial charge in [-0.2, -0.15) is 0 Å². The van der Waals surface area contributed by atoms with Crippen molar-refractivity contribution in [1.29, 1.82) is 0 Å². The van der Waals surface area contributed by atoms with Crippen LogP contribution in [-0.2, 0) is 17.6 Å². The maximum Gasteiger partial charge on any atom is 0.234 e. The van der Waals surface area contributed by atoms with Crippen LogP contribution in [0.15, 0.2) is 29.6 Å². The Labute approximate surface area is 176 Å². The number of aryl methyl sites for hydroxylation is 1. The average Bonchev–Trinajstić information content (AvgIpc) is 3.04. The first kappa shape index (κ1) is 19.5. The predicted molar refractivity (Wildman–Crippen MR) is 116 cm³/mol. The third-order valence-electron chi connectivity index (χ3n) is 4.83. The highest BCUT2D eigenvalue weighted by Crippen LogP contribution is 2.40. The van der Waals surface area contributed by atoms with Crippen molar-refractivity contribution in [3.8, 4) is 5.75 Å². The Bertz CT molecular complexity index is 1040. The molecular weight excluding hydrogens is 414 g/mol. The number of benzene rings is 1. The third kappa shape index (κ3) is 3.97. The van der Waals surface area contributed by atoms with Crippen LogP contribution < -0.4 is 10.1 Å². The first-order valence-electron chi connectivity index (χ1n) is 9.06. The summed E-state index contributed by atoms with van der Waals surface area (Å²) >= 11 is 9.34. The van der Waals surface area contributed by atoms with Gasteiger partial charge in [0, 0.05) is 16.0 Å². The number of rotatable bonds is 5. The molecule has 1 unspecified atom stereocenters. The van der Waals surface area contributed by atoms with Crippen LogP contribution in [0.5, 0.6) is 5.75 Å². The van der Waals surface area contributed by atoms with E-state index in [1.165, 1.54) is 28.6 Å². The fourth-order valence-corrected chi connectivity index (χ4v) is 5.93. The Morgan fingerprint density at radius 1 is 1.43 bits per heavy atom. The number of carbonyl (C=O) groups is 1. The average molecular weight is 434 g/mol. The van der Waals surface area contributed by atoms with E-state index >= 15 is 0 Å². The number of nitrogens with zero attached hydrogens (tertiary/aromatic N) is 2. The number of methoxy groups -OCH3 is 1. The summed E-state index contributed by atoms with van der Waals surface area (Å²) in [6.07, 6.45) is 4.96. The number of ether oxygens (including phenoxy) is 1. The number of fused-ring (bicyclic) bond motifs is 3. The second-order valence-corrected chi connectivity index (χ2v) is 9.35. The fraction of sp³-hybridized carbons (Fsp3) is 0.350. The molecule has 0 bridgehead atoms. The molecule has 1 amide bonds. The van der Waals surface area contributed by atoms with Crippen LogP contribution in [0.4, 0.5) is 5.69 Å². The number of hydrogen-bond acceptors (Lipinski definition) is 6. The zero-order valence-electron chi connectivity index (χ0n) is 15.6. The van der Waals surface area contributed by atoms with E-state index in [4.69, 9.17) is 16.3 Å². The van der Waals surface area contributed by atoms with Crippen molar-refractivity contribution in [2.75, 3.05) is 18.2 Å². The molecule has 2 heterocycles. The number of aromatic nitrogens is 2. The van der Waals surface area contributed by atoms with E-state index < -0.39 is 0 Å². The summed E-state index contributed by atoms with van der Waals surface area (Å²) in [4.78, 5) is 23.8. The largest absolute Gasteiger partial charge is 0.495 e. The molecule has 146 valence electrons. The molecule has 1 aliphatic rings. The molecule has 3 aromatic rings. The van der Waals surface area contributed by atoms with E-state index in [1.807, 2.05) is 0 Å². The second kappa shape index (κ2) is 8.27. The summed E-state index contributed by atoms with van der Waals surface area (Å²) < 4.78 is 5.13. The molecule has 0 spiro atoms. The van der Waals surface area contributed by atoms with Crippen molar-refractivity contribution >= 4 is 56.5 Å². The van der Waals surface area contributed by atoms with Gasteiger partial charge in [0.05, 0.1) is 17.9 Å². The van der Waals surface area contributed by atoms with Gasteiger partial charge in [0.2, 0.25) is 5.91 Å². The lowest BCUT2D eigenvalue weighted by Crippen LogP contribution is -2.14. The van der Waals surface area contributed by atoms with Crippen LogP contribution in [0.3, 0.4) is 0 Å². The molecular formula is C20H20ClN3O2S2. The highest BCUT2D eigenvalue weighted by molar-refractivity contribution is 8.00. The van der Waals surface area contributed by atoms with Gasteiger partial charge in [0.25, 0.3) is 0 Å². The normalized spacial score (nSPS) is 16.0. The molecule has 28 heavy (non-hydrogen) atoms. The number of nitrogens with one attached hydrogen (secondary N) is 1. The molecule has 8 heteroatoms. The Morgan fingerprint density at radius 3 is 3.07 bits per heavy atom. The summed E-state index contributed by atoms with van der Waals surface area (Å²) in [6.45, 7) is 2.30. The fourth-order valence-electron chi connectivity index (χ4n) is 3.43. The van der Waals surface area contributed by atoms with E-state index in [0.717, 1.165) is 28.1 Å². The molecule has 0 saturated carbocycles. The van der Waals surface area contributed by atoms with Crippen LogP contribution in [-0.4, -0.2) is 28.7 Å². The zero-order valence-corrected chi connectivity index (χ0v) is 18.0. The minimum absolute atomic E-state index is 0.101. The summed E-state index contributed by atoms with van der Waals surface area (Å²) in [5, 5.41) is 5.36. The maximum absolute atomic E-state index is 12.4. The van der Waals surface area contributed by atoms with Gasteiger partial charge in [-0.25, -0.2) is 9.97 Å². The van der Waals surface area contributed by atoms with Crippen LogP contribution in [0, 0.1) is 5.92 Å². The summed E-state index contributed by atoms with van der Waals surface area (Å²) in [7, 11) is 1.56. The van der Waals surface area contributed by atoms with Gasteiger partial charge in [-0.15, -0.1) is 11.3 Å². The number of carbonyl (C=O) groups excluding carboxylic acids is 1. The first-order valence-corrected chi connectivity index (χ1v) is 11.2. The molecule has 0 aliphatic heterocycles. The Balaban J connectivity index is 1.48. The number of halogens is 1. The van der Waals surface area contributed by atoms with Crippen LogP contribution in [0.2, 0.25) is 5.02 Å². The van der Waals surface area contributed by atoms with Gasteiger partial charge in [0.1, 0.15) is 21.9 Å². The summed E-state index contributed by atoms with van der Waals surface area (Å²) in [5.41, 5.74) is 2.02. The zero-order chi connectivity index (χ0) is 19.7. The summed E-state index contributed by atoms with van der Waals surface area (Å²) in [5.74, 6) is 1.47. The monoisotopic (exact) mass is 433 g/mol. The van der Waals surface area contributed by atoms with Crippen LogP contribution in [0.25, 0.3) is 10.2 Å². The summed E-state index contributed by atoms with van der Waals surface area (Å²) in [6, 6.07) is 5.19. The minimum Gasteiger partial charge on any atom is -0.495 e. The second-order valence-electron chi connectivity index (χ2n) is 6.90. The molecule has 0 saturated heterocycles. The van der Waals surface area contributed by atoms with Crippen molar-refractivity contribution < 1.29 is 9.53 Å². The molecule has 0 fully saturated rings. The van der Waals surface area contributed by atoms with Crippen LogP contribution in [0.1, 0.15) is 23.8 Å². The predicted octanol–water partition coefficient (Wildman–Crippen LogP) is 5.21. The van der Waals surface area contributed by atoms with E-state index in [1.54, 1.807) is 43.0 Å². The highest BCUT2D eigenvalue weighted by Gasteiger charge is 2.23. The number of thioether (sulfide) groups is 1. The van der Waals surface area contributed by atoms with Gasteiger partial charge < -0.3 is 10.1 Å². The highest BCUT2D eigenvalue weighted by atomic mass is 35.5. The topological polar surface area (TPSA) is 64.1 Å². The van der Waals surface area contributed by atoms with Gasteiger partial charge >= 0.3 is 0 Å². The Kier molecular flexibility index (Phi) is 5.75. The van der Waals surface area contributed by atoms with Crippen molar-refractivity contribution in [3.05, 3.63) is 40.0 Å². The number of hydrogen-bond donors (Lipinski definition) is 1. The minimum atomic E-state index is -0.101. The lowest BCUT2D eigenvalue weighted by Gasteiger charge is -2.18. The first-order chi connectivity index (χ1) is 13.5. The van der Waals surface area contributed by atoms with E-state index in [2.05, 4.69) is 22.2 Å². The SMILES string of the molecule is COc1ccc(NC(=O)CSc2ncnc3sc4c(c23)CCC(C)C4)cc1Cl. The van der Waals surface area contributed by atoms with Crippen molar-refractivity contribution in [2.45, 2.75) is 31.2 Å². The maximum atomic E-state index is 12.4. The lowest BCUT2D eigenvalue weighted by atomic mass is 9.89. The Morgan fingerprint density at radius 2 is 2.29 bits per heavy atom. The quantitative estimate of drug-likeness (QED) is 0.442. The number of thiophene rings is 1. The molecule has 5 nitrogen and oxygen atoms in total. The van der Waals surface area contributed by atoms with Crippen LogP contribution >= 0.6 is 34.7 Å². The third-order valence-corrected chi connectivity index (χ3v) is 7.28. The van der Waals surface area contributed by atoms with Crippen molar-refractivity contribution in [2.24, 2.45) is 5.92 Å². The van der Waals surface area contributed by atoms with Gasteiger partial charge in [-0.05, 0) is 48.9 Å². The number of amides is 1. The molecule has 4 rings (SSSR count). The van der Waals surface area contributed by atoms with Gasteiger partial charge in [0.15, 0.2) is 0 Å². The molecule has 0 radical (unpaired) electrons. The molecule has 1 aliphatic carbocycles. The molecule has 1 aromatic carbocycles. The molecule has 2 aromatic heterocycles. The standard InChI is InChI=1S/C20H20ClN3O2S2/c1-11-3-5-13-16(7-11)28-20-18(13)19(22-10-23-20)27-9-17(25)24-12-4-6-15(26-2)14(21)8-12/h4,6,8,10-11H,3,5,7,9H2,1-2H3,(H,24,25). The van der Waals surface area contributed by atoms with Gasteiger partial charge in [-0.1, -0.05) is 30.3 Å².